The summed E-state index contributed by atoms with van der Waals surface area (Å²) in [5.41, 5.74) is -0.601. The molecule has 5 atom stereocenters. The second-order valence-electron chi connectivity index (χ2n) is 2.93. The van der Waals surface area contributed by atoms with Gasteiger partial charge in [0.1, 0.15) is 29.9 Å². The maximum atomic E-state index is 9.38. The predicted molar refractivity (Wildman–Crippen MR) is 47.3 cm³/mol. The van der Waals surface area contributed by atoms with E-state index in [-0.39, 0.29) is 6.61 Å². The Labute approximate surface area is 80.3 Å². The zero-order valence-electron chi connectivity index (χ0n) is 7.20. The first-order valence-corrected chi connectivity index (χ1v) is 5.24. The van der Waals surface area contributed by atoms with E-state index in [0.29, 0.717) is 0 Å². The fourth-order valence-electron chi connectivity index (χ4n) is 1.26. The third-order valence-corrected chi connectivity index (χ3v) is 2.94. The monoisotopic (exact) mass is 210 g/mol. The standard InChI is InChI=1S/C7H14O5S/c1-13-7-6(11)5(10)4(9)3(2-8)12-7/h3-11H,2H2,1H3/t3-,4-,5+,6+,7?/m1/s1. The molecule has 1 heterocycles. The van der Waals surface area contributed by atoms with E-state index in [1.54, 1.807) is 6.26 Å². The molecular formula is C7H14O5S. The first-order chi connectivity index (χ1) is 6.11. The average molecular weight is 210 g/mol. The van der Waals surface area contributed by atoms with E-state index in [9.17, 15) is 15.3 Å². The first kappa shape index (κ1) is 11.2. The Bertz CT molecular complexity index is 147. The molecule has 0 aromatic rings. The molecule has 0 saturated carbocycles. The summed E-state index contributed by atoms with van der Waals surface area (Å²) >= 11 is 1.22. The topological polar surface area (TPSA) is 90.2 Å². The van der Waals surface area contributed by atoms with Crippen molar-refractivity contribution in [2.24, 2.45) is 0 Å². The largest absolute Gasteiger partial charge is 0.394 e. The molecule has 4 N–H and O–H groups in total. The van der Waals surface area contributed by atoms with Crippen molar-refractivity contribution >= 4 is 11.8 Å². The summed E-state index contributed by atoms with van der Waals surface area (Å²) < 4.78 is 5.13. The molecule has 1 aliphatic rings. The number of thioether (sulfide) groups is 1. The summed E-state index contributed by atoms with van der Waals surface area (Å²) in [6, 6.07) is 0. The second kappa shape index (κ2) is 4.59. The van der Waals surface area contributed by atoms with E-state index in [2.05, 4.69) is 0 Å². The highest BCUT2D eigenvalue weighted by Gasteiger charge is 2.42. The number of aliphatic hydroxyl groups excluding tert-OH is 4. The molecular weight excluding hydrogens is 196 g/mol. The van der Waals surface area contributed by atoms with Crippen molar-refractivity contribution in [1.82, 2.24) is 0 Å². The van der Waals surface area contributed by atoms with E-state index in [4.69, 9.17) is 9.84 Å². The van der Waals surface area contributed by atoms with Gasteiger partial charge in [0.05, 0.1) is 6.61 Å². The van der Waals surface area contributed by atoms with Crippen molar-refractivity contribution in [1.29, 1.82) is 0 Å². The lowest BCUT2D eigenvalue weighted by atomic mass is 10.0. The number of hydrogen-bond donors (Lipinski definition) is 4. The van der Waals surface area contributed by atoms with Crippen LogP contribution in [0.4, 0.5) is 0 Å². The highest BCUT2D eigenvalue weighted by Crippen LogP contribution is 2.26. The minimum atomic E-state index is -1.26. The Morgan fingerprint density at radius 2 is 1.77 bits per heavy atom. The lowest BCUT2D eigenvalue weighted by Crippen LogP contribution is -2.57. The SMILES string of the molecule is CSC1O[C@H](CO)[C@@H](O)[C@H](O)[C@@H]1O. The number of aliphatic hydroxyl groups is 4. The van der Waals surface area contributed by atoms with Gasteiger partial charge in [0.2, 0.25) is 0 Å². The first-order valence-electron chi connectivity index (χ1n) is 3.95. The van der Waals surface area contributed by atoms with Gasteiger partial charge in [-0.2, -0.15) is 0 Å². The van der Waals surface area contributed by atoms with Crippen LogP contribution in [0.3, 0.4) is 0 Å². The number of rotatable bonds is 2. The normalized spacial score (nSPS) is 46.4. The maximum Gasteiger partial charge on any atom is 0.132 e. The highest BCUT2D eigenvalue weighted by molar-refractivity contribution is 7.99. The van der Waals surface area contributed by atoms with Gasteiger partial charge >= 0.3 is 0 Å². The van der Waals surface area contributed by atoms with Crippen LogP contribution in [0, 0.1) is 0 Å². The summed E-state index contributed by atoms with van der Waals surface area (Å²) in [6.07, 6.45) is -2.72. The average Bonchev–Trinajstić information content (AvgIpc) is 2.15. The van der Waals surface area contributed by atoms with E-state index < -0.39 is 29.9 Å². The third-order valence-electron chi connectivity index (χ3n) is 2.08. The van der Waals surface area contributed by atoms with Gasteiger partial charge in [-0.25, -0.2) is 0 Å². The lowest BCUT2D eigenvalue weighted by molar-refractivity contribution is -0.205. The highest BCUT2D eigenvalue weighted by atomic mass is 32.2. The molecule has 1 unspecified atom stereocenters. The van der Waals surface area contributed by atoms with Gasteiger partial charge < -0.3 is 25.2 Å². The molecule has 78 valence electrons. The van der Waals surface area contributed by atoms with Crippen LogP contribution in [-0.2, 0) is 4.74 Å². The zero-order valence-corrected chi connectivity index (χ0v) is 8.02. The van der Waals surface area contributed by atoms with Gasteiger partial charge in [-0.3, -0.25) is 0 Å². The molecule has 0 amide bonds. The second-order valence-corrected chi connectivity index (χ2v) is 3.87. The smallest absolute Gasteiger partial charge is 0.132 e. The van der Waals surface area contributed by atoms with Gasteiger partial charge in [-0.15, -0.1) is 11.8 Å². The summed E-state index contributed by atoms with van der Waals surface area (Å²) in [7, 11) is 0. The predicted octanol–water partition coefficient (Wildman–Crippen LogP) is -1.85. The molecule has 5 nitrogen and oxygen atoms in total. The van der Waals surface area contributed by atoms with Gasteiger partial charge in [0.15, 0.2) is 0 Å². The van der Waals surface area contributed by atoms with Crippen LogP contribution < -0.4 is 0 Å². The molecule has 1 aliphatic heterocycles. The number of hydrogen-bond acceptors (Lipinski definition) is 6. The van der Waals surface area contributed by atoms with E-state index >= 15 is 0 Å². The van der Waals surface area contributed by atoms with E-state index in [1.807, 2.05) is 0 Å². The molecule has 0 bridgehead atoms. The molecule has 0 aromatic carbocycles. The quantitative estimate of drug-likeness (QED) is 0.428. The van der Waals surface area contributed by atoms with Gasteiger partial charge in [-0.1, -0.05) is 0 Å². The van der Waals surface area contributed by atoms with Crippen LogP contribution in [0.5, 0.6) is 0 Å². The van der Waals surface area contributed by atoms with Crippen LogP contribution in [-0.4, -0.2) is 63.1 Å². The Morgan fingerprint density at radius 3 is 2.23 bits per heavy atom. The van der Waals surface area contributed by atoms with Gasteiger partial charge in [0.25, 0.3) is 0 Å². The van der Waals surface area contributed by atoms with Crippen LogP contribution in [0.2, 0.25) is 0 Å². The third kappa shape index (κ3) is 2.15. The van der Waals surface area contributed by atoms with Crippen molar-refractivity contribution in [2.45, 2.75) is 29.9 Å². The van der Waals surface area contributed by atoms with Crippen molar-refractivity contribution in [3.63, 3.8) is 0 Å². The Morgan fingerprint density at radius 1 is 1.15 bits per heavy atom. The summed E-state index contributed by atoms with van der Waals surface area (Å²) in [4.78, 5) is 0. The Kier molecular flexibility index (Phi) is 3.96. The lowest BCUT2D eigenvalue weighted by Gasteiger charge is -2.39. The zero-order chi connectivity index (χ0) is 10.0. The van der Waals surface area contributed by atoms with Crippen molar-refractivity contribution in [3.05, 3.63) is 0 Å². The minimum Gasteiger partial charge on any atom is -0.394 e. The molecule has 6 heteroatoms. The minimum absolute atomic E-state index is 0.373. The fourth-order valence-corrected chi connectivity index (χ4v) is 1.96. The molecule has 0 radical (unpaired) electrons. The van der Waals surface area contributed by atoms with Gasteiger partial charge in [-0.05, 0) is 6.26 Å². The Hall–Kier alpha value is 0.150. The molecule has 13 heavy (non-hydrogen) atoms. The number of ether oxygens (including phenoxy) is 1. The molecule has 0 aromatic heterocycles. The van der Waals surface area contributed by atoms with Crippen LogP contribution in [0.1, 0.15) is 0 Å². The molecule has 1 rings (SSSR count). The Balaban J connectivity index is 2.66. The molecule has 0 aliphatic carbocycles. The molecule has 1 fully saturated rings. The van der Waals surface area contributed by atoms with Crippen molar-refractivity contribution in [3.8, 4) is 0 Å². The summed E-state index contributed by atoms with van der Waals surface area (Å²) in [5, 5.41) is 36.8. The molecule has 0 spiro atoms. The van der Waals surface area contributed by atoms with Crippen LogP contribution in [0.25, 0.3) is 0 Å². The summed E-state index contributed by atoms with van der Waals surface area (Å²) in [6.45, 7) is -0.373. The van der Waals surface area contributed by atoms with E-state index in [0.717, 1.165) is 0 Å². The van der Waals surface area contributed by atoms with Gasteiger partial charge in [0, 0.05) is 0 Å². The van der Waals surface area contributed by atoms with Crippen molar-refractivity contribution < 1.29 is 25.2 Å². The van der Waals surface area contributed by atoms with Crippen LogP contribution >= 0.6 is 11.8 Å². The molecule has 1 saturated heterocycles. The van der Waals surface area contributed by atoms with Crippen LogP contribution in [0.15, 0.2) is 0 Å². The van der Waals surface area contributed by atoms with E-state index in [1.165, 1.54) is 11.8 Å². The summed E-state index contributed by atoms with van der Waals surface area (Å²) in [5.74, 6) is 0. The fraction of sp³-hybridized carbons (Fsp3) is 1.00. The van der Waals surface area contributed by atoms with Crippen molar-refractivity contribution in [2.75, 3.05) is 12.9 Å². The maximum absolute atomic E-state index is 9.38.